The summed E-state index contributed by atoms with van der Waals surface area (Å²) < 4.78 is 41.7. The van der Waals surface area contributed by atoms with E-state index in [1.54, 1.807) is 24.3 Å². The summed E-state index contributed by atoms with van der Waals surface area (Å²) in [6.07, 6.45) is 1.49. The van der Waals surface area contributed by atoms with Crippen molar-refractivity contribution in [2.45, 2.75) is 18.2 Å². The zero-order valence-electron chi connectivity index (χ0n) is 16.3. The smallest absolute Gasteiger partial charge is 0.208 e. The molecule has 1 aliphatic rings. The summed E-state index contributed by atoms with van der Waals surface area (Å²) in [6, 6.07) is 16.9. The third-order valence-corrected chi connectivity index (χ3v) is 7.08. The second kappa shape index (κ2) is 7.94. The number of fused-ring (bicyclic) bond motifs is 1. The van der Waals surface area contributed by atoms with E-state index in [2.05, 4.69) is 14.2 Å². The Kier molecular flexibility index (Phi) is 5.48. The molecule has 0 aliphatic carbocycles. The molecule has 3 aromatic carbocycles. The van der Waals surface area contributed by atoms with E-state index in [4.69, 9.17) is 7.85 Å². The number of nitrogens with zero attached hydrogens (tertiary/aromatic N) is 1. The highest BCUT2D eigenvalue weighted by molar-refractivity contribution is 7.96. The Bertz CT molecular complexity index is 1310. The van der Waals surface area contributed by atoms with Gasteiger partial charge in [-0.15, -0.1) is 9.24 Å². The number of hydrogen-bond donors (Lipinski definition) is 0. The summed E-state index contributed by atoms with van der Waals surface area (Å²) in [5.74, 6) is -0.484. The van der Waals surface area contributed by atoms with Gasteiger partial charge in [-0.1, -0.05) is 59.6 Å². The average molecular weight is 433 g/mol. The second-order valence-electron chi connectivity index (χ2n) is 7.23. The normalized spacial score (nSPS) is 13.8. The summed E-state index contributed by atoms with van der Waals surface area (Å²) in [6.45, 7) is 1.94. The maximum absolute atomic E-state index is 14.4. The van der Waals surface area contributed by atoms with Gasteiger partial charge in [0.05, 0.1) is 9.80 Å². The van der Waals surface area contributed by atoms with Gasteiger partial charge >= 0.3 is 0 Å². The Balaban J connectivity index is 2.00. The number of para-hydroxylation sites is 1. The monoisotopic (exact) mass is 433 g/mol. The van der Waals surface area contributed by atoms with Gasteiger partial charge in [-0.2, -0.15) is 0 Å². The van der Waals surface area contributed by atoms with Crippen LogP contribution in [-0.2, 0) is 16.3 Å². The van der Waals surface area contributed by atoms with E-state index in [1.165, 1.54) is 18.3 Å². The molecule has 0 fully saturated rings. The summed E-state index contributed by atoms with van der Waals surface area (Å²) in [7, 11) is 4.40. The molecule has 148 valence electrons. The van der Waals surface area contributed by atoms with Crippen LogP contribution in [0.25, 0.3) is 5.57 Å². The molecule has 0 N–H and O–H groups in total. The molecule has 1 unspecified atom stereocenters. The molecule has 0 saturated heterocycles. The quantitative estimate of drug-likeness (QED) is 0.469. The minimum Gasteiger partial charge on any atom is -0.252 e. The minimum atomic E-state index is -3.96. The van der Waals surface area contributed by atoms with Crippen LogP contribution in [0.3, 0.4) is 0 Å². The molecule has 1 atom stereocenters. The Morgan fingerprint density at radius 2 is 1.83 bits per heavy atom. The van der Waals surface area contributed by atoms with E-state index in [-0.39, 0.29) is 21.9 Å². The fourth-order valence-corrected chi connectivity index (χ4v) is 5.60. The lowest BCUT2D eigenvalue weighted by molar-refractivity contribution is 0.603. The fourth-order valence-electron chi connectivity index (χ4n) is 3.56. The van der Waals surface area contributed by atoms with Crippen LogP contribution in [-0.4, -0.2) is 22.5 Å². The molecule has 30 heavy (non-hydrogen) atoms. The van der Waals surface area contributed by atoms with Crippen LogP contribution in [0.4, 0.5) is 10.1 Å². The molecule has 0 bridgehead atoms. The molecule has 3 nitrogen and oxygen atoms in total. The van der Waals surface area contributed by atoms with Gasteiger partial charge < -0.3 is 0 Å². The molecule has 0 spiro atoms. The predicted molar refractivity (Wildman–Crippen MR) is 125 cm³/mol. The summed E-state index contributed by atoms with van der Waals surface area (Å²) >= 11 is 0. The third-order valence-electron chi connectivity index (χ3n) is 4.96. The zero-order chi connectivity index (χ0) is 21.5. The molecular weight excluding hydrogens is 415 g/mol. The van der Waals surface area contributed by atoms with Crippen molar-refractivity contribution < 1.29 is 12.8 Å². The van der Waals surface area contributed by atoms with Crippen LogP contribution in [0.5, 0.6) is 0 Å². The fraction of sp³-hybridized carbons (Fsp3) is 0.0870. The number of sulfone groups is 1. The number of halogens is 1. The Labute approximate surface area is 179 Å². The van der Waals surface area contributed by atoms with Gasteiger partial charge in [0.2, 0.25) is 9.84 Å². The van der Waals surface area contributed by atoms with Gasteiger partial charge in [0, 0.05) is 12.6 Å². The number of hydrogen-bond acceptors (Lipinski definition) is 3. The van der Waals surface area contributed by atoms with Crippen LogP contribution in [0.15, 0.2) is 75.5 Å². The van der Waals surface area contributed by atoms with Crippen LogP contribution in [0.1, 0.15) is 16.7 Å². The predicted octanol–water partition coefficient (Wildman–Crippen LogP) is 3.57. The van der Waals surface area contributed by atoms with Crippen molar-refractivity contribution >= 4 is 55.2 Å². The van der Waals surface area contributed by atoms with E-state index >= 15 is 0 Å². The van der Waals surface area contributed by atoms with Gasteiger partial charge in [0.15, 0.2) is 0 Å². The second-order valence-corrected chi connectivity index (χ2v) is 9.82. The van der Waals surface area contributed by atoms with Crippen molar-refractivity contribution in [3.05, 3.63) is 88.1 Å². The van der Waals surface area contributed by atoms with Gasteiger partial charge in [-0.25, -0.2) is 12.8 Å². The molecule has 0 amide bonds. The van der Waals surface area contributed by atoms with Gasteiger partial charge in [0.1, 0.15) is 19.4 Å². The molecular formula is C23H18BFNO2PS. The standard InChI is InChI=1S/C23H18BFNO2PS/c1-14-4-2-5-15(8-14)20-9-16-6-3-7-21(25)23(16)26-13-22(20)30(27,28)19-11-17(24)10-18(29)12-19/h2-8,10-13H,9,29H2,1H3. The first-order valence-corrected chi connectivity index (χ1v) is 11.3. The zero-order valence-corrected chi connectivity index (χ0v) is 18.2. The van der Waals surface area contributed by atoms with E-state index in [0.29, 0.717) is 21.9 Å². The van der Waals surface area contributed by atoms with Crippen molar-refractivity contribution in [3.8, 4) is 0 Å². The summed E-state index contributed by atoms with van der Waals surface area (Å²) in [5, 5.41) is 0.658. The van der Waals surface area contributed by atoms with Gasteiger partial charge in [0.25, 0.3) is 0 Å². The highest BCUT2D eigenvalue weighted by atomic mass is 32.2. The van der Waals surface area contributed by atoms with Crippen molar-refractivity contribution in [3.63, 3.8) is 0 Å². The molecule has 4 rings (SSSR count). The first-order valence-electron chi connectivity index (χ1n) is 9.28. The van der Waals surface area contributed by atoms with Crippen molar-refractivity contribution in [2.24, 2.45) is 4.99 Å². The number of aliphatic imine (C=N–C) groups is 1. The topological polar surface area (TPSA) is 46.5 Å². The third kappa shape index (κ3) is 3.90. The Morgan fingerprint density at radius 1 is 1.07 bits per heavy atom. The summed E-state index contributed by atoms with van der Waals surface area (Å²) in [4.78, 5) is 4.34. The highest BCUT2D eigenvalue weighted by Crippen LogP contribution is 2.36. The lowest BCUT2D eigenvalue weighted by atomic mass is 9.96. The van der Waals surface area contributed by atoms with Crippen LogP contribution in [0.2, 0.25) is 0 Å². The average Bonchev–Trinajstić information content (AvgIpc) is 2.88. The minimum absolute atomic E-state index is 0.0405. The molecule has 3 aromatic rings. The molecule has 2 radical (unpaired) electrons. The lowest BCUT2D eigenvalue weighted by Gasteiger charge is -2.14. The van der Waals surface area contributed by atoms with Gasteiger partial charge in [-0.3, -0.25) is 4.99 Å². The number of allylic oxidation sites excluding steroid dienone is 2. The van der Waals surface area contributed by atoms with E-state index in [0.717, 1.165) is 11.1 Å². The maximum Gasteiger partial charge on any atom is 0.208 e. The lowest BCUT2D eigenvalue weighted by Crippen LogP contribution is -2.16. The van der Waals surface area contributed by atoms with Gasteiger partial charge in [-0.05, 0) is 41.1 Å². The van der Waals surface area contributed by atoms with Crippen LogP contribution < -0.4 is 10.8 Å². The SMILES string of the molecule is [B]c1cc(P)cc(S(=O)(=O)C2=C(c3cccc(C)c3)Cc3cccc(F)c3N=C2)c1. The molecule has 0 saturated carbocycles. The number of aryl methyl sites for hydroxylation is 1. The van der Waals surface area contributed by atoms with E-state index in [1.807, 2.05) is 31.2 Å². The number of rotatable bonds is 3. The first kappa shape index (κ1) is 20.7. The van der Waals surface area contributed by atoms with Crippen LogP contribution >= 0.6 is 9.24 Å². The van der Waals surface area contributed by atoms with Crippen molar-refractivity contribution in [1.82, 2.24) is 0 Å². The summed E-state index contributed by atoms with van der Waals surface area (Å²) in [5.41, 5.74) is 3.46. The first-order chi connectivity index (χ1) is 14.3. The van der Waals surface area contributed by atoms with Crippen LogP contribution in [0, 0.1) is 12.7 Å². The number of benzene rings is 3. The molecule has 1 heterocycles. The van der Waals surface area contributed by atoms with Crippen molar-refractivity contribution in [1.29, 1.82) is 0 Å². The largest absolute Gasteiger partial charge is 0.252 e. The maximum atomic E-state index is 14.4. The van der Waals surface area contributed by atoms with E-state index in [9.17, 15) is 12.8 Å². The molecule has 7 heteroatoms. The molecule has 1 aliphatic heterocycles. The van der Waals surface area contributed by atoms with E-state index < -0.39 is 15.7 Å². The van der Waals surface area contributed by atoms with Crippen molar-refractivity contribution in [2.75, 3.05) is 0 Å². The Morgan fingerprint density at radius 3 is 2.57 bits per heavy atom. The highest BCUT2D eigenvalue weighted by Gasteiger charge is 2.27. The molecule has 0 aromatic heterocycles. The Hall–Kier alpha value is -2.56.